The van der Waals surface area contributed by atoms with Crippen molar-refractivity contribution in [2.24, 2.45) is 0 Å². The van der Waals surface area contributed by atoms with Crippen LogP contribution in [0.1, 0.15) is 24.0 Å². The molecule has 0 fully saturated rings. The van der Waals surface area contributed by atoms with E-state index >= 15 is 0 Å². The van der Waals surface area contributed by atoms with Crippen LogP contribution in [0.15, 0.2) is 51.9 Å². The third kappa shape index (κ3) is 4.18. The van der Waals surface area contributed by atoms with Crippen LogP contribution in [-0.4, -0.2) is 41.4 Å². The zero-order chi connectivity index (χ0) is 18.5. The number of para-hydroxylation sites is 1. The van der Waals surface area contributed by atoms with Crippen molar-refractivity contribution >= 4 is 16.8 Å². The molecule has 0 unspecified atom stereocenters. The van der Waals surface area contributed by atoms with Gasteiger partial charge in [0.25, 0.3) is 5.56 Å². The first-order valence-electron chi connectivity index (χ1n) is 8.49. The summed E-state index contributed by atoms with van der Waals surface area (Å²) >= 11 is 0. The molecule has 136 valence electrons. The van der Waals surface area contributed by atoms with Gasteiger partial charge in [0.1, 0.15) is 11.6 Å². The molecular weight excluding hydrogens is 332 g/mol. The Morgan fingerprint density at radius 3 is 2.81 bits per heavy atom. The smallest absolute Gasteiger partial charge is 0.258 e. The Morgan fingerprint density at radius 1 is 1.27 bits per heavy atom. The van der Waals surface area contributed by atoms with Crippen LogP contribution in [0.25, 0.3) is 10.9 Å². The molecule has 2 aromatic heterocycles. The third-order valence-electron chi connectivity index (χ3n) is 4.24. The maximum absolute atomic E-state index is 12.2. The molecule has 0 aliphatic carbocycles. The fourth-order valence-corrected chi connectivity index (χ4v) is 2.80. The second-order valence-electron chi connectivity index (χ2n) is 6.33. The number of aromatic nitrogens is 2. The molecule has 1 aromatic carbocycles. The number of aromatic amines is 1. The standard InChI is InChI=1S/C19H22N4O3/c1-23(2)15(16-8-5-11-26-16)12-20-18(24)10-9-17-21-14-7-4-3-6-13(14)19(25)22-17/h3-8,11,15H,9-10,12H2,1-2H3,(H,20,24)(H,21,22,25)/t15-/m1/s1. The Bertz CT molecular complexity index is 931. The van der Waals surface area contributed by atoms with Gasteiger partial charge in [0.2, 0.25) is 5.91 Å². The number of likely N-dealkylation sites (N-methyl/N-ethyl adjacent to an activating group) is 1. The normalized spacial score (nSPS) is 12.4. The number of aryl methyl sites for hydroxylation is 1. The minimum atomic E-state index is -0.184. The Hall–Kier alpha value is -2.93. The summed E-state index contributed by atoms with van der Waals surface area (Å²) in [6, 6.07) is 10.8. The van der Waals surface area contributed by atoms with Crippen molar-refractivity contribution in [1.82, 2.24) is 20.2 Å². The quantitative estimate of drug-likeness (QED) is 0.676. The number of carbonyl (C=O) groups excluding carboxylic acids is 1. The molecule has 0 spiro atoms. The summed E-state index contributed by atoms with van der Waals surface area (Å²) in [5.41, 5.74) is 0.452. The van der Waals surface area contributed by atoms with E-state index in [1.807, 2.05) is 37.2 Å². The highest BCUT2D eigenvalue weighted by atomic mass is 16.3. The molecule has 2 heterocycles. The average molecular weight is 354 g/mol. The maximum atomic E-state index is 12.2. The zero-order valence-electron chi connectivity index (χ0n) is 14.9. The first-order chi connectivity index (χ1) is 12.5. The first-order valence-corrected chi connectivity index (χ1v) is 8.49. The number of nitrogens with one attached hydrogen (secondary N) is 2. The van der Waals surface area contributed by atoms with E-state index in [0.29, 0.717) is 29.7 Å². The number of nitrogens with zero attached hydrogens (tertiary/aromatic N) is 2. The van der Waals surface area contributed by atoms with Crippen LogP contribution in [0.5, 0.6) is 0 Å². The van der Waals surface area contributed by atoms with E-state index in [4.69, 9.17) is 4.42 Å². The van der Waals surface area contributed by atoms with Gasteiger partial charge in [0.05, 0.1) is 23.2 Å². The van der Waals surface area contributed by atoms with E-state index < -0.39 is 0 Å². The number of amides is 1. The molecule has 7 nitrogen and oxygen atoms in total. The van der Waals surface area contributed by atoms with Crippen LogP contribution >= 0.6 is 0 Å². The van der Waals surface area contributed by atoms with Gasteiger partial charge in [0.15, 0.2) is 0 Å². The Kier molecular flexibility index (Phi) is 5.48. The highest BCUT2D eigenvalue weighted by Crippen LogP contribution is 2.17. The third-order valence-corrected chi connectivity index (χ3v) is 4.24. The molecule has 3 aromatic rings. The summed E-state index contributed by atoms with van der Waals surface area (Å²) in [6.45, 7) is 0.445. The molecule has 0 radical (unpaired) electrons. The van der Waals surface area contributed by atoms with Gasteiger partial charge in [-0.2, -0.15) is 0 Å². The molecule has 0 saturated heterocycles. The highest BCUT2D eigenvalue weighted by molar-refractivity contribution is 5.78. The minimum Gasteiger partial charge on any atom is -0.468 e. The van der Waals surface area contributed by atoms with Crippen molar-refractivity contribution in [3.8, 4) is 0 Å². The van der Waals surface area contributed by atoms with Gasteiger partial charge in [-0.15, -0.1) is 0 Å². The zero-order valence-corrected chi connectivity index (χ0v) is 14.9. The molecule has 26 heavy (non-hydrogen) atoms. The van der Waals surface area contributed by atoms with Crippen LogP contribution in [0.4, 0.5) is 0 Å². The molecule has 0 bridgehead atoms. The lowest BCUT2D eigenvalue weighted by Gasteiger charge is -2.22. The first kappa shape index (κ1) is 17.9. The predicted octanol–water partition coefficient (Wildman–Crippen LogP) is 1.87. The summed E-state index contributed by atoms with van der Waals surface area (Å²) in [4.78, 5) is 33.4. The Morgan fingerprint density at radius 2 is 2.08 bits per heavy atom. The molecule has 2 N–H and O–H groups in total. The Labute approximate surface area is 151 Å². The lowest BCUT2D eigenvalue weighted by molar-refractivity contribution is -0.121. The van der Waals surface area contributed by atoms with Gasteiger partial charge >= 0.3 is 0 Å². The summed E-state index contributed by atoms with van der Waals surface area (Å²) in [5.74, 6) is 1.22. The van der Waals surface area contributed by atoms with Gasteiger partial charge in [-0.25, -0.2) is 4.98 Å². The minimum absolute atomic E-state index is 0.0347. The summed E-state index contributed by atoms with van der Waals surface area (Å²) < 4.78 is 5.43. The van der Waals surface area contributed by atoms with Crippen molar-refractivity contribution in [2.45, 2.75) is 18.9 Å². The van der Waals surface area contributed by atoms with Gasteiger partial charge in [-0.05, 0) is 38.4 Å². The van der Waals surface area contributed by atoms with Crippen LogP contribution < -0.4 is 10.9 Å². The molecular formula is C19H22N4O3. The van der Waals surface area contributed by atoms with Crippen molar-refractivity contribution < 1.29 is 9.21 Å². The lowest BCUT2D eigenvalue weighted by Crippen LogP contribution is -2.34. The fourth-order valence-electron chi connectivity index (χ4n) is 2.80. The molecule has 1 amide bonds. The van der Waals surface area contributed by atoms with Gasteiger partial charge in [-0.3, -0.25) is 14.5 Å². The number of hydrogen-bond acceptors (Lipinski definition) is 5. The highest BCUT2D eigenvalue weighted by Gasteiger charge is 2.17. The second-order valence-corrected chi connectivity index (χ2v) is 6.33. The largest absolute Gasteiger partial charge is 0.468 e. The van der Waals surface area contributed by atoms with Crippen LogP contribution in [0.3, 0.4) is 0 Å². The number of rotatable bonds is 7. The van der Waals surface area contributed by atoms with Crippen molar-refractivity contribution in [1.29, 1.82) is 0 Å². The topological polar surface area (TPSA) is 91.2 Å². The Balaban J connectivity index is 1.58. The van der Waals surface area contributed by atoms with Crippen molar-refractivity contribution in [3.63, 3.8) is 0 Å². The van der Waals surface area contributed by atoms with Crippen molar-refractivity contribution in [2.75, 3.05) is 20.6 Å². The molecule has 3 rings (SSSR count). The number of carbonyl (C=O) groups is 1. The molecule has 0 aliphatic heterocycles. The molecule has 0 aliphatic rings. The average Bonchev–Trinajstić information content (AvgIpc) is 3.14. The monoisotopic (exact) mass is 354 g/mol. The SMILES string of the molecule is CN(C)[C@H](CNC(=O)CCc1nc2ccccc2c(=O)[nH]1)c1ccco1. The van der Waals surface area contributed by atoms with E-state index in [-0.39, 0.29) is 23.9 Å². The number of benzene rings is 1. The number of fused-ring (bicyclic) bond motifs is 1. The van der Waals surface area contributed by atoms with E-state index in [0.717, 1.165) is 5.76 Å². The van der Waals surface area contributed by atoms with Crippen LogP contribution in [-0.2, 0) is 11.2 Å². The molecule has 0 saturated carbocycles. The number of hydrogen-bond donors (Lipinski definition) is 2. The fraction of sp³-hybridized carbons (Fsp3) is 0.316. The lowest BCUT2D eigenvalue weighted by atomic mass is 10.2. The predicted molar refractivity (Wildman–Crippen MR) is 98.8 cm³/mol. The maximum Gasteiger partial charge on any atom is 0.258 e. The van der Waals surface area contributed by atoms with E-state index in [1.165, 1.54) is 0 Å². The molecule has 1 atom stereocenters. The summed E-state index contributed by atoms with van der Waals surface area (Å²) in [5, 5.41) is 3.46. The van der Waals surface area contributed by atoms with Crippen LogP contribution in [0, 0.1) is 0 Å². The number of H-pyrrole nitrogens is 1. The van der Waals surface area contributed by atoms with Crippen LogP contribution in [0.2, 0.25) is 0 Å². The van der Waals surface area contributed by atoms with Crippen molar-refractivity contribution in [3.05, 3.63) is 64.6 Å². The second kappa shape index (κ2) is 7.97. The van der Waals surface area contributed by atoms with Gasteiger partial charge < -0.3 is 14.7 Å². The van der Waals surface area contributed by atoms with E-state index in [1.54, 1.807) is 24.5 Å². The van der Waals surface area contributed by atoms with Gasteiger partial charge in [0, 0.05) is 19.4 Å². The summed E-state index contributed by atoms with van der Waals surface area (Å²) in [6.07, 6.45) is 2.24. The number of furan rings is 1. The molecule has 7 heteroatoms. The van der Waals surface area contributed by atoms with Gasteiger partial charge in [-0.1, -0.05) is 12.1 Å². The van der Waals surface area contributed by atoms with E-state index in [9.17, 15) is 9.59 Å². The summed E-state index contributed by atoms with van der Waals surface area (Å²) in [7, 11) is 3.87. The van der Waals surface area contributed by atoms with E-state index in [2.05, 4.69) is 15.3 Å².